The van der Waals surface area contributed by atoms with Gasteiger partial charge < -0.3 is 10.2 Å². The molecule has 1 rings (SSSR count). The number of halogens is 1. The molecule has 5 heteroatoms. The molecule has 1 aromatic carbocycles. The van der Waals surface area contributed by atoms with Crippen molar-refractivity contribution < 1.29 is 15.0 Å². The van der Waals surface area contributed by atoms with Crippen molar-refractivity contribution in [2.24, 2.45) is 0 Å². The van der Waals surface area contributed by atoms with Crippen LogP contribution in [0.5, 0.6) is 0 Å². The summed E-state index contributed by atoms with van der Waals surface area (Å²) in [6.07, 6.45) is 1.77. The Morgan fingerprint density at radius 2 is 2.12 bits per heavy atom. The first kappa shape index (κ1) is 17.8. The molecule has 0 heterocycles. The van der Waals surface area contributed by atoms with E-state index in [1.807, 2.05) is 6.92 Å². The Morgan fingerprint density at radius 1 is 1.47 bits per heavy atom. The molecular formula is C12H16BrKO3. The van der Waals surface area contributed by atoms with Gasteiger partial charge in [-0.15, -0.1) is 0 Å². The number of rotatable bonds is 5. The molecule has 0 amide bonds. The van der Waals surface area contributed by atoms with Crippen molar-refractivity contribution in [2.45, 2.75) is 32.3 Å². The van der Waals surface area contributed by atoms with Crippen LogP contribution >= 0.6 is 15.9 Å². The summed E-state index contributed by atoms with van der Waals surface area (Å²) in [5.41, 5.74) is 0.655. The predicted octanol–water partition coefficient (Wildman–Crippen LogP) is 2.72. The second kappa shape index (κ2) is 8.80. The fraction of sp³-hybridized carbons (Fsp3) is 0.417. The molecule has 0 radical (unpaired) electrons. The molecule has 3 nitrogen and oxygen atoms in total. The molecule has 0 saturated heterocycles. The van der Waals surface area contributed by atoms with E-state index in [1.54, 1.807) is 12.1 Å². The number of hydrogen-bond donors (Lipinski definition) is 2. The Balaban J connectivity index is 0.00000256. The zero-order valence-electron chi connectivity index (χ0n) is 9.11. The molecule has 0 saturated carbocycles. The predicted molar refractivity (Wildman–Crippen MR) is 72.7 cm³/mol. The molecule has 17 heavy (non-hydrogen) atoms. The van der Waals surface area contributed by atoms with Gasteiger partial charge in [-0.05, 0) is 24.1 Å². The monoisotopic (exact) mass is 326 g/mol. The molecule has 0 aliphatic carbocycles. The first-order valence-corrected chi connectivity index (χ1v) is 6.06. The molecule has 2 N–H and O–H groups in total. The fourth-order valence-corrected chi connectivity index (χ4v) is 1.92. The Kier molecular flexibility index (Phi) is 9.19. The third kappa shape index (κ3) is 5.51. The van der Waals surface area contributed by atoms with Crippen molar-refractivity contribution in [1.82, 2.24) is 0 Å². The van der Waals surface area contributed by atoms with Crippen molar-refractivity contribution >= 4 is 73.3 Å². The zero-order valence-corrected chi connectivity index (χ0v) is 10.7. The van der Waals surface area contributed by atoms with E-state index in [9.17, 15) is 9.90 Å². The number of unbranched alkanes of at least 4 members (excludes halogenated alkanes) is 1. The average Bonchev–Trinajstić information content (AvgIpc) is 2.25. The van der Waals surface area contributed by atoms with Gasteiger partial charge in [0.2, 0.25) is 0 Å². The molecular weight excluding hydrogens is 311 g/mol. The van der Waals surface area contributed by atoms with Crippen LogP contribution in [0, 0.1) is 0 Å². The standard InChI is InChI=1S/C12H15BrO3.K.H/c1-2-3-4-11(14)9-6-5-8(13)7-10(9)12(15)16;;/h5-7,11,14H,2-4H2,1H3,(H,15,16);;. The first-order chi connectivity index (χ1) is 7.56. The molecule has 1 unspecified atom stereocenters. The van der Waals surface area contributed by atoms with E-state index in [0.29, 0.717) is 16.5 Å². The van der Waals surface area contributed by atoms with Gasteiger partial charge in [-0.3, -0.25) is 0 Å². The van der Waals surface area contributed by atoms with Crippen LogP contribution in [0.3, 0.4) is 0 Å². The van der Waals surface area contributed by atoms with Gasteiger partial charge >= 0.3 is 57.4 Å². The van der Waals surface area contributed by atoms with Gasteiger partial charge in [0.15, 0.2) is 0 Å². The summed E-state index contributed by atoms with van der Waals surface area (Å²) in [4.78, 5) is 11.0. The summed E-state index contributed by atoms with van der Waals surface area (Å²) in [5, 5.41) is 18.9. The minimum absolute atomic E-state index is 0. The van der Waals surface area contributed by atoms with Gasteiger partial charge in [-0.2, -0.15) is 0 Å². The van der Waals surface area contributed by atoms with Crippen LogP contribution in [0.15, 0.2) is 22.7 Å². The van der Waals surface area contributed by atoms with E-state index in [-0.39, 0.29) is 56.9 Å². The summed E-state index contributed by atoms with van der Waals surface area (Å²) < 4.78 is 0.705. The van der Waals surface area contributed by atoms with Gasteiger partial charge in [0.25, 0.3) is 0 Å². The SMILES string of the molecule is CCCCC(O)c1ccc(Br)cc1C(=O)O.[KH]. The van der Waals surface area contributed by atoms with Crippen LogP contribution in [0.25, 0.3) is 0 Å². The summed E-state index contributed by atoms with van der Waals surface area (Å²) in [7, 11) is 0. The van der Waals surface area contributed by atoms with E-state index in [1.165, 1.54) is 6.07 Å². The third-order valence-corrected chi connectivity index (χ3v) is 2.93. The van der Waals surface area contributed by atoms with Crippen LogP contribution in [0.2, 0.25) is 0 Å². The van der Waals surface area contributed by atoms with Gasteiger partial charge in [0, 0.05) is 4.47 Å². The van der Waals surface area contributed by atoms with Crippen molar-refractivity contribution in [3.05, 3.63) is 33.8 Å². The van der Waals surface area contributed by atoms with Crippen LogP contribution < -0.4 is 0 Å². The number of carboxylic acid groups (broad SMARTS) is 1. The van der Waals surface area contributed by atoms with E-state index in [4.69, 9.17) is 5.11 Å². The van der Waals surface area contributed by atoms with Gasteiger partial charge in [0.1, 0.15) is 0 Å². The molecule has 0 fully saturated rings. The molecule has 0 aromatic heterocycles. The number of benzene rings is 1. The summed E-state index contributed by atoms with van der Waals surface area (Å²) in [6.45, 7) is 2.03. The molecule has 90 valence electrons. The molecule has 0 aliphatic heterocycles. The van der Waals surface area contributed by atoms with Crippen molar-refractivity contribution in [2.75, 3.05) is 0 Å². The minimum atomic E-state index is -1.01. The van der Waals surface area contributed by atoms with E-state index >= 15 is 0 Å². The molecule has 0 spiro atoms. The summed E-state index contributed by atoms with van der Waals surface area (Å²) in [5.74, 6) is -1.01. The second-order valence-corrected chi connectivity index (χ2v) is 4.61. The van der Waals surface area contributed by atoms with Crippen LogP contribution in [0.1, 0.15) is 48.2 Å². The maximum atomic E-state index is 11.0. The van der Waals surface area contributed by atoms with E-state index in [2.05, 4.69) is 15.9 Å². The number of aromatic carboxylic acids is 1. The summed E-state index contributed by atoms with van der Waals surface area (Å²) in [6, 6.07) is 4.93. The van der Waals surface area contributed by atoms with Crippen LogP contribution in [0.4, 0.5) is 0 Å². The van der Waals surface area contributed by atoms with Crippen molar-refractivity contribution in [3.8, 4) is 0 Å². The van der Waals surface area contributed by atoms with Crippen LogP contribution in [-0.2, 0) is 0 Å². The maximum absolute atomic E-state index is 11.0. The molecule has 0 aliphatic rings. The number of aliphatic hydroxyl groups is 1. The Hall–Kier alpha value is 0.766. The summed E-state index contributed by atoms with van der Waals surface area (Å²) >= 11 is 3.22. The fourth-order valence-electron chi connectivity index (χ4n) is 1.56. The van der Waals surface area contributed by atoms with Crippen molar-refractivity contribution in [1.29, 1.82) is 0 Å². The van der Waals surface area contributed by atoms with Crippen molar-refractivity contribution in [3.63, 3.8) is 0 Å². The molecule has 1 atom stereocenters. The number of aliphatic hydroxyl groups excluding tert-OH is 1. The van der Waals surface area contributed by atoms with Crippen LogP contribution in [-0.4, -0.2) is 67.6 Å². The van der Waals surface area contributed by atoms with Gasteiger partial charge in [-0.1, -0.05) is 41.8 Å². The Bertz CT molecular complexity index is 382. The average molecular weight is 327 g/mol. The number of carboxylic acids is 1. The Labute approximate surface area is 152 Å². The third-order valence-electron chi connectivity index (χ3n) is 2.44. The Morgan fingerprint density at radius 3 is 2.65 bits per heavy atom. The normalized spacial score (nSPS) is 11.7. The number of carbonyl (C=O) groups is 1. The van der Waals surface area contributed by atoms with E-state index in [0.717, 1.165) is 12.8 Å². The quantitative estimate of drug-likeness (QED) is 0.818. The first-order valence-electron chi connectivity index (χ1n) is 5.27. The van der Waals surface area contributed by atoms with Gasteiger partial charge in [-0.25, -0.2) is 4.79 Å². The zero-order chi connectivity index (χ0) is 12.1. The van der Waals surface area contributed by atoms with E-state index < -0.39 is 12.1 Å². The molecule has 1 aromatic rings. The number of hydrogen-bond acceptors (Lipinski definition) is 2. The van der Waals surface area contributed by atoms with Gasteiger partial charge in [0.05, 0.1) is 11.7 Å². The second-order valence-electron chi connectivity index (χ2n) is 3.69. The molecule has 0 bridgehead atoms. The topological polar surface area (TPSA) is 57.5 Å².